The fourth-order valence-corrected chi connectivity index (χ4v) is 2.37. The van der Waals surface area contributed by atoms with Gasteiger partial charge in [0.1, 0.15) is 5.75 Å². The summed E-state index contributed by atoms with van der Waals surface area (Å²) >= 11 is 0. The van der Waals surface area contributed by atoms with Crippen molar-refractivity contribution >= 4 is 10.0 Å². The summed E-state index contributed by atoms with van der Waals surface area (Å²) in [7, 11) is 0.0286. The summed E-state index contributed by atoms with van der Waals surface area (Å²) in [6, 6.07) is 4.04. The van der Waals surface area contributed by atoms with E-state index in [9.17, 15) is 21.6 Å². The van der Waals surface area contributed by atoms with Gasteiger partial charge < -0.3 is 9.64 Å². The van der Waals surface area contributed by atoms with Crippen molar-refractivity contribution in [3.63, 3.8) is 0 Å². The number of alkyl halides is 3. The Kier molecular flexibility index (Phi) is 5.37. The quantitative estimate of drug-likeness (QED) is 0.778. The van der Waals surface area contributed by atoms with E-state index in [0.29, 0.717) is 6.54 Å². The van der Waals surface area contributed by atoms with E-state index in [1.807, 2.05) is 14.1 Å². The number of sulfonamides is 1. The summed E-state index contributed by atoms with van der Waals surface area (Å²) < 4.78 is 65.6. The van der Waals surface area contributed by atoms with Gasteiger partial charge in [0.15, 0.2) is 0 Å². The van der Waals surface area contributed by atoms with Gasteiger partial charge in [-0.25, -0.2) is 13.1 Å². The van der Waals surface area contributed by atoms with Crippen LogP contribution in [0.2, 0.25) is 0 Å². The monoisotopic (exact) mass is 313 g/mol. The first kappa shape index (κ1) is 16.7. The molecule has 0 atom stereocenters. The van der Waals surface area contributed by atoms with E-state index in [1.54, 1.807) is 0 Å². The number of halogens is 3. The minimum absolute atomic E-state index is 0.110. The van der Waals surface area contributed by atoms with Crippen molar-refractivity contribution in [2.24, 2.45) is 0 Å². The summed E-state index contributed by atoms with van der Waals surface area (Å²) in [4.78, 5) is 0.961. The number of benzene rings is 1. The highest BCUT2D eigenvalue weighted by Crippen LogP contribution is 2.23. The molecule has 0 aromatic heterocycles. The molecule has 0 unspecified atom stereocenters. The van der Waals surface area contributed by atoms with Crippen LogP contribution >= 0.6 is 0 Å². The van der Waals surface area contributed by atoms with Gasteiger partial charge in [-0.15, -0.1) is 13.2 Å². The highest BCUT2D eigenvalue weighted by molar-refractivity contribution is 7.89. The molecule has 0 amide bonds. The minimum atomic E-state index is -4.80. The van der Waals surface area contributed by atoms with Crippen LogP contribution in [0, 0.1) is 0 Å². The van der Waals surface area contributed by atoms with Crippen molar-refractivity contribution in [3.05, 3.63) is 24.3 Å². The summed E-state index contributed by atoms with van der Waals surface area (Å²) in [5.74, 6) is -0.464. The van der Waals surface area contributed by atoms with E-state index in [1.165, 1.54) is 0 Å². The van der Waals surface area contributed by atoms with Crippen LogP contribution in [0.25, 0.3) is 0 Å². The van der Waals surface area contributed by atoms with Crippen LogP contribution in [0.5, 0.6) is 5.75 Å². The molecule has 0 aliphatic heterocycles. The van der Waals surface area contributed by atoms with Crippen molar-refractivity contribution in [1.82, 2.24) is 4.72 Å². The molecule has 1 aromatic rings. The summed E-state index contributed by atoms with van der Waals surface area (Å²) in [6.45, 7) is 0.833. The number of ether oxygens (including phenoxy) is 1. The standard InChI is InChI=1S/C11H15F3N2O3S/c1-16(2)8-7-15-20(17,18)10-5-3-9(4-6-10)19-11(12,13)14/h3-6,15H,7-8H2,1-2H3/p+1. The average molecular weight is 313 g/mol. The first-order chi connectivity index (χ1) is 9.10. The lowest BCUT2D eigenvalue weighted by molar-refractivity contribution is -0.856. The maximum absolute atomic E-state index is 12.0. The lowest BCUT2D eigenvalue weighted by Gasteiger charge is -2.11. The van der Waals surface area contributed by atoms with E-state index in [4.69, 9.17) is 0 Å². The first-order valence-electron chi connectivity index (χ1n) is 5.75. The van der Waals surface area contributed by atoms with Crippen molar-refractivity contribution < 1.29 is 31.2 Å². The highest BCUT2D eigenvalue weighted by atomic mass is 32.2. The van der Waals surface area contributed by atoms with Gasteiger partial charge in [0.2, 0.25) is 10.0 Å². The zero-order chi connectivity index (χ0) is 15.4. The molecular weight excluding hydrogens is 297 g/mol. The molecule has 0 saturated carbocycles. The van der Waals surface area contributed by atoms with Gasteiger partial charge in [0.05, 0.1) is 32.1 Å². The molecule has 0 saturated heterocycles. The van der Waals surface area contributed by atoms with Crippen LogP contribution in [0.3, 0.4) is 0 Å². The number of quaternary nitrogens is 1. The predicted molar refractivity (Wildman–Crippen MR) is 66.0 cm³/mol. The third-order valence-electron chi connectivity index (χ3n) is 2.28. The van der Waals surface area contributed by atoms with Crippen molar-refractivity contribution in [2.45, 2.75) is 11.3 Å². The molecule has 0 spiro atoms. The van der Waals surface area contributed by atoms with Gasteiger partial charge >= 0.3 is 6.36 Å². The van der Waals surface area contributed by atoms with Crippen LogP contribution in [0.4, 0.5) is 13.2 Å². The van der Waals surface area contributed by atoms with Gasteiger partial charge in [-0.05, 0) is 24.3 Å². The molecule has 0 aliphatic rings. The first-order valence-corrected chi connectivity index (χ1v) is 7.23. The molecule has 5 nitrogen and oxygen atoms in total. The maximum atomic E-state index is 12.0. The summed E-state index contributed by atoms with van der Waals surface area (Å²) in [5, 5.41) is 0. The molecule has 0 aliphatic carbocycles. The molecule has 0 heterocycles. The normalized spacial score (nSPS) is 12.7. The molecule has 0 radical (unpaired) electrons. The molecule has 1 rings (SSSR count). The van der Waals surface area contributed by atoms with Gasteiger partial charge in [-0.1, -0.05) is 0 Å². The van der Waals surface area contributed by atoms with Crippen LogP contribution < -0.4 is 14.4 Å². The van der Waals surface area contributed by atoms with Crippen LogP contribution in [-0.4, -0.2) is 42.0 Å². The zero-order valence-electron chi connectivity index (χ0n) is 11.0. The number of likely N-dealkylation sites (N-methyl/N-ethyl adjacent to an activating group) is 1. The lowest BCUT2D eigenvalue weighted by atomic mass is 10.3. The molecule has 0 bridgehead atoms. The van der Waals surface area contributed by atoms with Gasteiger partial charge in [0.25, 0.3) is 0 Å². The van der Waals surface area contributed by atoms with Crippen molar-refractivity contribution in [1.29, 1.82) is 0 Å². The number of rotatable bonds is 6. The SMILES string of the molecule is C[NH+](C)CCNS(=O)(=O)c1ccc(OC(F)(F)F)cc1. The number of hydrogen-bond acceptors (Lipinski definition) is 3. The van der Waals surface area contributed by atoms with Crippen LogP contribution in [-0.2, 0) is 10.0 Å². The fraction of sp³-hybridized carbons (Fsp3) is 0.455. The summed E-state index contributed by atoms with van der Waals surface area (Å²) in [5.41, 5.74) is 0. The Morgan fingerprint density at radius 3 is 2.20 bits per heavy atom. The van der Waals surface area contributed by atoms with Gasteiger partial charge in [-0.2, -0.15) is 0 Å². The Balaban J connectivity index is 2.72. The predicted octanol–water partition coefficient (Wildman–Crippen LogP) is 0.00800. The smallest absolute Gasteiger partial charge is 0.406 e. The van der Waals surface area contributed by atoms with E-state index in [0.717, 1.165) is 29.2 Å². The highest BCUT2D eigenvalue weighted by Gasteiger charge is 2.31. The summed E-state index contributed by atoms with van der Waals surface area (Å²) in [6.07, 6.45) is -4.80. The Bertz CT molecular complexity index is 527. The zero-order valence-corrected chi connectivity index (χ0v) is 11.8. The van der Waals surface area contributed by atoms with E-state index < -0.39 is 22.1 Å². The Hall–Kier alpha value is -1.32. The van der Waals surface area contributed by atoms with E-state index in [-0.39, 0.29) is 11.4 Å². The molecule has 1 aromatic carbocycles. The second-order valence-electron chi connectivity index (χ2n) is 4.37. The topological polar surface area (TPSA) is 59.8 Å². The number of nitrogens with one attached hydrogen (secondary N) is 2. The lowest BCUT2D eigenvalue weighted by Crippen LogP contribution is -3.06. The van der Waals surface area contributed by atoms with Gasteiger partial charge in [-0.3, -0.25) is 0 Å². The van der Waals surface area contributed by atoms with Crippen molar-refractivity contribution in [3.8, 4) is 5.75 Å². The largest absolute Gasteiger partial charge is 0.573 e. The Morgan fingerprint density at radius 2 is 1.75 bits per heavy atom. The molecule has 2 N–H and O–H groups in total. The molecule has 114 valence electrons. The van der Waals surface area contributed by atoms with E-state index >= 15 is 0 Å². The van der Waals surface area contributed by atoms with Gasteiger partial charge in [0, 0.05) is 0 Å². The average Bonchev–Trinajstić information content (AvgIpc) is 2.26. The molecule has 20 heavy (non-hydrogen) atoms. The van der Waals surface area contributed by atoms with E-state index in [2.05, 4.69) is 9.46 Å². The van der Waals surface area contributed by atoms with Crippen LogP contribution in [0.1, 0.15) is 0 Å². The molecule has 9 heteroatoms. The van der Waals surface area contributed by atoms with Crippen molar-refractivity contribution in [2.75, 3.05) is 27.2 Å². The van der Waals surface area contributed by atoms with Crippen LogP contribution in [0.15, 0.2) is 29.2 Å². The maximum Gasteiger partial charge on any atom is 0.573 e. The Morgan fingerprint density at radius 1 is 1.20 bits per heavy atom. The molecule has 0 fully saturated rings. The fourth-order valence-electron chi connectivity index (χ4n) is 1.34. The Labute approximate surface area is 115 Å². The number of hydrogen-bond donors (Lipinski definition) is 2. The molecular formula is C11H16F3N2O3S+. The minimum Gasteiger partial charge on any atom is -0.406 e. The third kappa shape index (κ3) is 5.76. The second-order valence-corrected chi connectivity index (χ2v) is 6.14. The second kappa shape index (κ2) is 6.42. The third-order valence-corrected chi connectivity index (χ3v) is 3.76.